The number of hydrogen-bond donors (Lipinski definition) is 2. The zero-order chi connectivity index (χ0) is 25.3. The van der Waals surface area contributed by atoms with Gasteiger partial charge in [-0.25, -0.2) is 0 Å². The summed E-state index contributed by atoms with van der Waals surface area (Å²) in [6.45, 7) is 0.0503. The van der Waals surface area contributed by atoms with E-state index < -0.39 is 16.8 Å². The number of carboxylic acids is 1. The minimum absolute atomic E-state index is 0.0503. The lowest BCUT2D eigenvalue weighted by Gasteiger charge is -2.53. The quantitative estimate of drug-likeness (QED) is 0.217. The molecule has 6 nitrogen and oxygen atoms in total. The molecule has 0 radical (unpaired) electrons. The Morgan fingerprint density at radius 3 is 2.63 bits per heavy atom. The minimum atomic E-state index is -1.21. The molecule has 35 heavy (non-hydrogen) atoms. The van der Waals surface area contributed by atoms with E-state index in [0.717, 1.165) is 14.9 Å². The van der Waals surface area contributed by atoms with Crippen LogP contribution in [0, 0.1) is 0 Å². The second-order valence-corrected chi connectivity index (χ2v) is 13.4. The maximum atomic E-state index is 12.8. The molecule has 0 bridgehead atoms. The van der Waals surface area contributed by atoms with Crippen LogP contribution in [0.15, 0.2) is 50.7 Å². The first-order valence-electron chi connectivity index (χ1n) is 10.2. The first-order valence-corrected chi connectivity index (χ1v) is 15.1. The van der Waals surface area contributed by atoms with Crippen molar-refractivity contribution in [2.75, 3.05) is 18.1 Å². The number of rotatable bonds is 8. The molecule has 0 aromatic heterocycles. The summed E-state index contributed by atoms with van der Waals surface area (Å²) in [4.78, 5) is 40.7. The van der Waals surface area contributed by atoms with E-state index in [1.54, 1.807) is 18.2 Å². The molecule has 2 aliphatic heterocycles. The molecule has 1 unspecified atom stereocenters. The van der Waals surface area contributed by atoms with E-state index in [1.807, 2.05) is 18.2 Å². The van der Waals surface area contributed by atoms with Gasteiger partial charge in [-0.1, -0.05) is 29.3 Å². The number of halogens is 4. The number of nitrogens with zero attached hydrogens (tertiary/aromatic N) is 1. The van der Waals surface area contributed by atoms with Crippen molar-refractivity contribution in [2.24, 2.45) is 0 Å². The Morgan fingerprint density at radius 1 is 1.23 bits per heavy atom. The van der Waals surface area contributed by atoms with E-state index in [1.165, 1.54) is 40.2 Å². The molecular formula is C22H18BrCl3N2O4S3. The van der Waals surface area contributed by atoms with Gasteiger partial charge in [0.1, 0.15) is 16.2 Å². The van der Waals surface area contributed by atoms with Crippen LogP contribution in [0.25, 0.3) is 0 Å². The number of amides is 2. The number of carbonyl (C=O) groups excluding carboxylic acids is 2. The van der Waals surface area contributed by atoms with Crippen LogP contribution in [0.3, 0.4) is 0 Å². The van der Waals surface area contributed by atoms with Gasteiger partial charge in [0.2, 0.25) is 11.8 Å². The fourth-order valence-corrected chi connectivity index (χ4v) is 8.63. The van der Waals surface area contributed by atoms with Crippen LogP contribution in [0.4, 0.5) is 0 Å². The average molecular weight is 657 g/mol. The molecular weight excluding hydrogens is 639 g/mol. The second-order valence-electron chi connectivity index (χ2n) is 7.88. The standard InChI is InChI=1S/C22H18BrCl3N2O4S3/c23-13-5-11(7-24)1-3-15(13)35-22(21(31)32)9-28-19(30)18(20(28)34-10-22)27-17(29)8-33-16-4-2-12(25)6-14(16)26/h1-6,18,20H,7-10H2,(H,27,29)(H,31,32)/t18-,20-,22?/m1/s1. The average Bonchev–Trinajstić information content (AvgIpc) is 2.83. The molecule has 186 valence electrons. The highest BCUT2D eigenvalue weighted by molar-refractivity contribution is 9.10. The van der Waals surface area contributed by atoms with E-state index in [0.29, 0.717) is 20.8 Å². The lowest BCUT2D eigenvalue weighted by atomic mass is 10.0. The lowest BCUT2D eigenvalue weighted by molar-refractivity contribution is -0.151. The molecule has 2 N–H and O–H groups in total. The van der Waals surface area contributed by atoms with Gasteiger partial charge in [-0.3, -0.25) is 14.4 Å². The van der Waals surface area contributed by atoms with Gasteiger partial charge in [0, 0.05) is 37.5 Å². The van der Waals surface area contributed by atoms with Crippen molar-refractivity contribution in [3.8, 4) is 0 Å². The smallest absolute Gasteiger partial charge is 0.322 e. The van der Waals surface area contributed by atoms with Gasteiger partial charge in [0.15, 0.2) is 0 Å². The zero-order valence-electron chi connectivity index (χ0n) is 17.8. The highest BCUT2D eigenvalue weighted by Crippen LogP contribution is 2.47. The highest BCUT2D eigenvalue weighted by atomic mass is 79.9. The van der Waals surface area contributed by atoms with Crippen molar-refractivity contribution in [2.45, 2.75) is 31.8 Å². The van der Waals surface area contributed by atoms with Crippen molar-refractivity contribution in [3.63, 3.8) is 0 Å². The second kappa shape index (κ2) is 11.3. The Labute approximate surface area is 238 Å². The molecule has 2 heterocycles. The van der Waals surface area contributed by atoms with E-state index >= 15 is 0 Å². The van der Waals surface area contributed by atoms with Crippen LogP contribution in [0.2, 0.25) is 10.0 Å². The van der Waals surface area contributed by atoms with Crippen LogP contribution < -0.4 is 5.32 Å². The summed E-state index contributed by atoms with van der Waals surface area (Å²) in [6, 6.07) is 9.90. The van der Waals surface area contributed by atoms with Crippen LogP contribution >= 0.6 is 86.0 Å². The molecule has 2 saturated heterocycles. The number of carboxylic acid groups (broad SMARTS) is 1. The topological polar surface area (TPSA) is 86.7 Å². The van der Waals surface area contributed by atoms with Crippen molar-refractivity contribution >= 4 is 104 Å². The summed E-state index contributed by atoms with van der Waals surface area (Å²) in [7, 11) is 0. The summed E-state index contributed by atoms with van der Waals surface area (Å²) < 4.78 is -0.454. The third kappa shape index (κ3) is 5.89. The number of nitrogens with one attached hydrogen (secondary N) is 1. The summed E-state index contributed by atoms with van der Waals surface area (Å²) in [5.74, 6) is -0.846. The van der Waals surface area contributed by atoms with Gasteiger partial charge in [-0.2, -0.15) is 0 Å². The predicted molar refractivity (Wildman–Crippen MR) is 147 cm³/mol. The van der Waals surface area contributed by atoms with Crippen LogP contribution in [0.1, 0.15) is 5.56 Å². The number of thioether (sulfide) groups is 3. The SMILES string of the molecule is O=C(CSc1ccc(Cl)cc1Cl)N[C@@H]1C(=O)N2CC(Sc3ccc(CCl)cc3Br)(C(=O)O)CS[C@H]12. The number of aliphatic carboxylic acids is 1. The number of alkyl halides is 1. The Hall–Kier alpha value is -0.750. The molecule has 2 aromatic rings. The zero-order valence-corrected chi connectivity index (χ0v) is 24.1. The molecule has 0 saturated carbocycles. The molecule has 2 aromatic carbocycles. The molecule has 2 amide bonds. The van der Waals surface area contributed by atoms with Crippen molar-refractivity contribution in [1.29, 1.82) is 0 Å². The Kier molecular flexibility index (Phi) is 8.83. The molecule has 13 heteroatoms. The van der Waals surface area contributed by atoms with Crippen LogP contribution in [-0.4, -0.2) is 62.0 Å². The van der Waals surface area contributed by atoms with E-state index in [9.17, 15) is 19.5 Å². The molecule has 0 aliphatic carbocycles. The van der Waals surface area contributed by atoms with Crippen molar-refractivity contribution in [3.05, 3.63) is 56.5 Å². The Balaban J connectivity index is 1.38. The molecule has 2 aliphatic rings. The van der Waals surface area contributed by atoms with Gasteiger partial charge < -0.3 is 15.3 Å². The highest BCUT2D eigenvalue weighted by Gasteiger charge is 2.58. The van der Waals surface area contributed by atoms with Gasteiger partial charge >= 0.3 is 5.97 Å². The summed E-state index contributed by atoms with van der Waals surface area (Å²) in [5.41, 5.74) is 0.915. The summed E-state index contributed by atoms with van der Waals surface area (Å²) in [6.07, 6.45) is 0. The van der Waals surface area contributed by atoms with E-state index in [2.05, 4.69) is 21.2 Å². The van der Waals surface area contributed by atoms with Crippen LogP contribution in [0.5, 0.6) is 0 Å². The molecule has 3 atom stereocenters. The maximum absolute atomic E-state index is 12.8. The first kappa shape index (κ1) is 27.3. The summed E-state index contributed by atoms with van der Waals surface area (Å²) in [5, 5.41) is 13.5. The van der Waals surface area contributed by atoms with Crippen LogP contribution in [-0.2, 0) is 20.3 Å². The van der Waals surface area contributed by atoms with Gasteiger partial charge in [0.05, 0.1) is 10.8 Å². The number of benzene rings is 2. The third-order valence-corrected chi connectivity index (χ3v) is 11.6. The molecule has 4 rings (SSSR count). The normalized spacial score (nSPS) is 23.4. The number of carbonyl (C=O) groups is 3. The fourth-order valence-electron chi connectivity index (χ4n) is 3.66. The monoisotopic (exact) mass is 654 g/mol. The predicted octanol–water partition coefficient (Wildman–Crippen LogP) is 5.60. The number of β-lactam (4-membered cyclic amide) rings is 1. The third-order valence-electron chi connectivity index (χ3n) is 5.47. The molecule has 2 fully saturated rings. The molecule has 0 spiro atoms. The first-order chi connectivity index (χ1) is 16.6. The lowest BCUT2D eigenvalue weighted by Crippen LogP contribution is -2.74. The summed E-state index contributed by atoms with van der Waals surface area (Å²) >= 11 is 25.2. The van der Waals surface area contributed by atoms with E-state index in [-0.39, 0.29) is 35.2 Å². The van der Waals surface area contributed by atoms with Crippen molar-refractivity contribution in [1.82, 2.24) is 10.2 Å². The Morgan fingerprint density at radius 2 is 1.97 bits per heavy atom. The maximum Gasteiger partial charge on any atom is 0.322 e. The minimum Gasteiger partial charge on any atom is -0.480 e. The van der Waals surface area contributed by atoms with Gasteiger partial charge in [0.25, 0.3) is 0 Å². The van der Waals surface area contributed by atoms with Gasteiger partial charge in [-0.15, -0.1) is 46.9 Å². The Bertz CT molecular complexity index is 1190. The number of hydrogen-bond acceptors (Lipinski definition) is 6. The van der Waals surface area contributed by atoms with Crippen molar-refractivity contribution < 1.29 is 19.5 Å². The number of fused-ring (bicyclic) bond motifs is 1. The fraction of sp³-hybridized carbons (Fsp3) is 0.318. The van der Waals surface area contributed by atoms with Gasteiger partial charge in [-0.05, 0) is 51.8 Å². The largest absolute Gasteiger partial charge is 0.480 e. The van der Waals surface area contributed by atoms with E-state index in [4.69, 9.17) is 34.8 Å².